The number of carbonyl (C=O) groups is 1. The molecule has 1 aliphatic heterocycles. The van der Waals surface area contributed by atoms with Gasteiger partial charge in [0.25, 0.3) is 0 Å². The van der Waals surface area contributed by atoms with E-state index in [0.29, 0.717) is 11.3 Å². The third kappa shape index (κ3) is 5.04. The summed E-state index contributed by atoms with van der Waals surface area (Å²) in [6.45, 7) is 2.07. The van der Waals surface area contributed by atoms with Crippen molar-refractivity contribution in [2.45, 2.75) is 30.9 Å². The van der Waals surface area contributed by atoms with Gasteiger partial charge in [0.2, 0.25) is 0 Å². The summed E-state index contributed by atoms with van der Waals surface area (Å²) in [6, 6.07) is 14.7. The van der Waals surface area contributed by atoms with Crippen LogP contribution in [0.15, 0.2) is 65.2 Å². The maximum atomic E-state index is 12.9. The molecule has 1 heterocycles. The second-order valence-electron chi connectivity index (χ2n) is 7.16. The lowest BCUT2D eigenvalue weighted by atomic mass is 10.0. The van der Waals surface area contributed by atoms with Gasteiger partial charge in [0.15, 0.2) is 15.6 Å². The van der Waals surface area contributed by atoms with Gasteiger partial charge in [0, 0.05) is 13.5 Å². The largest absolute Gasteiger partial charge is 0.489 e. The van der Waals surface area contributed by atoms with Crippen molar-refractivity contribution in [3.63, 3.8) is 0 Å². The van der Waals surface area contributed by atoms with Crippen molar-refractivity contribution in [2.24, 2.45) is 0 Å². The zero-order chi connectivity index (χ0) is 21.0. The number of hydrogen-bond donors (Lipinski definition) is 0. The number of hydrogen-bond acceptors (Lipinski definition) is 6. The van der Waals surface area contributed by atoms with Crippen molar-refractivity contribution in [2.75, 3.05) is 12.8 Å². The smallest absolute Gasteiger partial charge is 0.180 e. The molecule has 0 saturated carbocycles. The van der Waals surface area contributed by atoms with E-state index >= 15 is 0 Å². The SMILES string of the molecule is CC1=CN(C)C(CS(=O)(=O)c2cccc(OCc3cccc(C#N)c3)c2)C(=O)C1. The van der Waals surface area contributed by atoms with Gasteiger partial charge in [-0.05, 0) is 54.6 Å². The summed E-state index contributed by atoms with van der Waals surface area (Å²) in [5.74, 6) is 0.0353. The molecular weight excluding hydrogens is 388 g/mol. The summed E-state index contributed by atoms with van der Waals surface area (Å²) in [6.07, 6.45) is 2.09. The number of rotatable bonds is 6. The Morgan fingerprint density at radius 1 is 1.21 bits per heavy atom. The van der Waals surface area contributed by atoms with Gasteiger partial charge in [0.1, 0.15) is 18.4 Å². The van der Waals surface area contributed by atoms with E-state index in [4.69, 9.17) is 10.00 Å². The number of ketones is 1. The molecule has 7 heteroatoms. The molecule has 0 N–H and O–H groups in total. The van der Waals surface area contributed by atoms with Gasteiger partial charge in [-0.3, -0.25) is 4.79 Å². The van der Waals surface area contributed by atoms with Crippen LogP contribution in [0.5, 0.6) is 5.75 Å². The molecule has 0 amide bonds. The highest BCUT2D eigenvalue weighted by molar-refractivity contribution is 7.91. The number of ether oxygens (including phenoxy) is 1. The number of likely N-dealkylation sites (N-methyl/N-ethyl adjacent to an activating group) is 1. The van der Waals surface area contributed by atoms with Crippen molar-refractivity contribution < 1.29 is 17.9 Å². The molecule has 6 nitrogen and oxygen atoms in total. The highest BCUT2D eigenvalue weighted by atomic mass is 32.2. The van der Waals surface area contributed by atoms with Crippen LogP contribution in [0.1, 0.15) is 24.5 Å². The zero-order valence-electron chi connectivity index (χ0n) is 16.3. The quantitative estimate of drug-likeness (QED) is 0.727. The lowest BCUT2D eigenvalue weighted by molar-refractivity contribution is -0.122. The third-order valence-electron chi connectivity index (χ3n) is 4.74. The number of sulfone groups is 1. The lowest BCUT2D eigenvalue weighted by Crippen LogP contribution is -2.43. The fourth-order valence-corrected chi connectivity index (χ4v) is 4.88. The van der Waals surface area contributed by atoms with Crippen LogP contribution in [0.2, 0.25) is 0 Å². The van der Waals surface area contributed by atoms with E-state index < -0.39 is 15.9 Å². The van der Waals surface area contributed by atoms with Gasteiger partial charge in [0.05, 0.1) is 22.3 Å². The summed E-state index contributed by atoms with van der Waals surface area (Å²) < 4.78 is 31.5. The van der Waals surface area contributed by atoms with E-state index in [1.807, 2.05) is 19.2 Å². The van der Waals surface area contributed by atoms with Crippen LogP contribution in [0.3, 0.4) is 0 Å². The molecule has 1 atom stereocenters. The van der Waals surface area contributed by atoms with Crippen molar-refractivity contribution in [1.29, 1.82) is 5.26 Å². The first-order valence-electron chi connectivity index (χ1n) is 9.15. The molecule has 0 radical (unpaired) electrons. The Hall–Kier alpha value is -3.11. The molecule has 3 rings (SSSR count). The van der Waals surface area contributed by atoms with Crippen LogP contribution < -0.4 is 4.74 Å². The van der Waals surface area contributed by atoms with E-state index in [-0.39, 0.29) is 29.5 Å². The molecule has 150 valence electrons. The Morgan fingerprint density at radius 2 is 1.97 bits per heavy atom. The molecule has 1 unspecified atom stereocenters. The standard InChI is InChI=1S/C22H22N2O4S/c1-16-9-22(25)21(24(2)13-16)15-29(26,27)20-8-4-7-19(11-20)28-14-18-6-3-5-17(10-18)12-23/h3-8,10-11,13,21H,9,14-15H2,1-2H3. The molecule has 2 aromatic carbocycles. The summed E-state index contributed by atoms with van der Waals surface area (Å²) in [7, 11) is -1.96. The summed E-state index contributed by atoms with van der Waals surface area (Å²) in [4.78, 5) is 14.1. The van der Waals surface area contributed by atoms with E-state index in [1.165, 1.54) is 12.1 Å². The summed E-state index contributed by atoms with van der Waals surface area (Å²) >= 11 is 0. The zero-order valence-corrected chi connectivity index (χ0v) is 17.1. The van der Waals surface area contributed by atoms with Gasteiger partial charge in [-0.25, -0.2) is 8.42 Å². The molecule has 0 spiro atoms. The van der Waals surface area contributed by atoms with Crippen molar-refractivity contribution >= 4 is 15.6 Å². The number of Topliss-reactive ketones (excluding diaryl/α,β-unsaturated/α-hetero) is 1. The number of nitriles is 1. The predicted molar refractivity (Wildman–Crippen MR) is 109 cm³/mol. The second-order valence-corrected chi connectivity index (χ2v) is 9.19. The lowest BCUT2D eigenvalue weighted by Gasteiger charge is -2.30. The molecule has 0 saturated heterocycles. The second kappa shape index (κ2) is 8.50. The van der Waals surface area contributed by atoms with Gasteiger partial charge >= 0.3 is 0 Å². The van der Waals surface area contributed by atoms with Crippen molar-refractivity contribution in [1.82, 2.24) is 4.90 Å². The summed E-state index contributed by atoms with van der Waals surface area (Å²) in [5.41, 5.74) is 2.27. The van der Waals surface area contributed by atoms with E-state index in [9.17, 15) is 13.2 Å². The minimum Gasteiger partial charge on any atom is -0.489 e. The van der Waals surface area contributed by atoms with Crippen LogP contribution in [0.25, 0.3) is 0 Å². The van der Waals surface area contributed by atoms with Gasteiger partial charge < -0.3 is 9.64 Å². The Kier molecular flexibility index (Phi) is 6.04. The first-order chi connectivity index (χ1) is 13.8. The van der Waals surface area contributed by atoms with E-state index in [2.05, 4.69) is 6.07 Å². The fraction of sp³-hybridized carbons (Fsp3) is 0.273. The Morgan fingerprint density at radius 3 is 2.69 bits per heavy atom. The van der Waals surface area contributed by atoms with Crippen LogP contribution in [0.4, 0.5) is 0 Å². The average molecular weight is 410 g/mol. The maximum Gasteiger partial charge on any atom is 0.180 e. The normalized spacial score (nSPS) is 16.9. The van der Waals surface area contributed by atoms with Gasteiger partial charge in [-0.1, -0.05) is 18.2 Å². The van der Waals surface area contributed by atoms with Crippen molar-refractivity contribution in [3.05, 3.63) is 71.4 Å². The maximum absolute atomic E-state index is 12.9. The summed E-state index contributed by atoms with van der Waals surface area (Å²) in [5, 5.41) is 8.97. The Balaban J connectivity index is 1.74. The topological polar surface area (TPSA) is 87.5 Å². The highest BCUT2D eigenvalue weighted by Crippen LogP contribution is 2.23. The van der Waals surface area contributed by atoms with E-state index in [0.717, 1.165) is 11.1 Å². The first-order valence-corrected chi connectivity index (χ1v) is 10.8. The van der Waals surface area contributed by atoms with Gasteiger partial charge in [-0.15, -0.1) is 0 Å². The molecule has 1 aliphatic rings. The van der Waals surface area contributed by atoms with Gasteiger partial charge in [-0.2, -0.15) is 5.26 Å². The predicted octanol–water partition coefficient (Wildman–Crippen LogP) is 3.09. The number of nitrogens with zero attached hydrogens (tertiary/aromatic N) is 2. The number of allylic oxidation sites excluding steroid dienone is 1. The Bertz CT molecular complexity index is 1100. The molecule has 0 fully saturated rings. The third-order valence-corrected chi connectivity index (χ3v) is 6.47. The minimum absolute atomic E-state index is 0.0964. The molecular formula is C22H22N2O4S. The Labute approximate surface area is 170 Å². The van der Waals surface area contributed by atoms with Crippen LogP contribution >= 0.6 is 0 Å². The number of benzene rings is 2. The molecule has 0 bridgehead atoms. The van der Waals surface area contributed by atoms with E-state index in [1.54, 1.807) is 42.3 Å². The fourth-order valence-electron chi connectivity index (χ4n) is 3.27. The first kappa shape index (κ1) is 20.6. The molecule has 29 heavy (non-hydrogen) atoms. The van der Waals surface area contributed by atoms with Crippen LogP contribution in [-0.4, -0.2) is 37.9 Å². The molecule has 0 aliphatic carbocycles. The number of carbonyl (C=O) groups excluding carboxylic acids is 1. The highest BCUT2D eigenvalue weighted by Gasteiger charge is 2.31. The molecule has 2 aromatic rings. The monoisotopic (exact) mass is 410 g/mol. The van der Waals surface area contributed by atoms with Crippen molar-refractivity contribution in [3.8, 4) is 11.8 Å². The van der Waals surface area contributed by atoms with Crippen LogP contribution in [0, 0.1) is 11.3 Å². The van der Waals surface area contributed by atoms with Crippen LogP contribution in [-0.2, 0) is 21.2 Å². The minimum atomic E-state index is -3.67. The molecule has 0 aromatic heterocycles. The average Bonchev–Trinajstić information content (AvgIpc) is 2.69.